The third kappa shape index (κ3) is 1.62. The molecule has 1 aromatic heterocycles. The van der Waals surface area contributed by atoms with Crippen molar-refractivity contribution in [1.29, 1.82) is 0 Å². The van der Waals surface area contributed by atoms with Gasteiger partial charge in [-0.15, -0.1) is 4.99 Å². The van der Waals surface area contributed by atoms with Gasteiger partial charge in [0.05, 0.1) is 24.6 Å². The van der Waals surface area contributed by atoms with Crippen molar-refractivity contribution in [3.63, 3.8) is 0 Å². The summed E-state index contributed by atoms with van der Waals surface area (Å²) in [5.74, 6) is 0.204. The predicted octanol–water partition coefficient (Wildman–Crippen LogP) is 1.73. The fourth-order valence-electron chi connectivity index (χ4n) is 1.89. The van der Waals surface area contributed by atoms with Crippen molar-refractivity contribution in [3.8, 4) is 0 Å². The maximum Gasteiger partial charge on any atom is 0.391 e. The highest BCUT2D eigenvalue weighted by molar-refractivity contribution is 5.94. The molecule has 0 spiro atoms. The van der Waals surface area contributed by atoms with Gasteiger partial charge in [0.15, 0.2) is 0 Å². The number of carbonyl (C=O) groups excluding carboxylic acids is 1. The van der Waals surface area contributed by atoms with Crippen molar-refractivity contribution in [3.05, 3.63) is 24.3 Å². The van der Waals surface area contributed by atoms with Crippen LogP contribution in [0.25, 0.3) is 11.0 Å². The highest BCUT2D eigenvalue weighted by atomic mass is 16.7. The first kappa shape index (κ1) is 10.8. The lowest BCUT2D eigenvalue weighted by Gasteiger charge is -2.11. The molecule has 2 heterocycles. The topological polar surface area (TPSA) is 65.7 Å². The lowest BCUT2D eigenvalue weighted by Crippen LogP contribution is -2.19. The first-order chi connectivity index (χ1) is 8.79. The van der Waals surface area contributed by atoms with E-state index in [1.165, 1.54) is 11.7 Å². The minimum absolute atomic E-state index is 0.0856. The highest BCUT2D eigenvalue weighted by Crippen LogP contribution is 2.23. The number of methoxy groups -OCH3 is 1. The van der Waals surface area contributed by atoms with E-state index in [0.717, 1.165) is 11.0 Å². The normalized spacial score (nSPS) is 18.3. The number of para-hydroxylation sites is 2. The zero-order valence-corrected chi connectivity index (χ0v) is 9.79. The Morgan fingerprint density at radius 3 is 3.06 bits per heavy atom. The molecule has 0 atom stereocenters. The van der Waals surface area contributed by atoms with E-state index in [1.54, 1.807) is 0 Å². The summed E-state index contributed by atoms with van der Waals surface area (Å²) in [6, 6.07) is 7.41. The van der Waals surface area contributed by atoms with Gasteiger partial charge in [0, 0.05) is 0 Å². The van der Waals surface area contributed by atoms with Crippen LogP contribution >= 0.6 is 0 Å². The molecule has 0 radical (unpaired) electrons. The Balaban J connectivity index is 2.28. The number of carbonyl (C=O) groups is 1. The summed E-state index contributed by atoms with van der Waals surface area (Å²) < 4.78 is 11.7. The number of hydrogen-bond acceptors (Lipinski definition) is 5. The summed E-state index contributed by atoms with van der Waals surface area (Å²) in [7, 11) is 1.47. The first-order valence-electron chi connectivity index (χ1n) is 5.56. The molecule has 1 aliphatic heterocycles. The van der Waals surface area contributed by atoms with Crippen LogP contribution < -0.4 is 0 Å². The average Bonchev–Trinajstić information content (AvgIpc) is 2.72. The van der Waals surface area contributed by atoms with Crippen LogP contribution in [0.4, 0.5) is 5.95 Å². The second-order valence-electron chi connectivity index (χ2n) is 3.81. The molecule has 0 aliphatic carbocycles. The van der Waals surface area contributed by atoms with Crippen molar-refractivity contribution in [2.45, 2.75) is 6.42 Å². The Labute approximate surface area is 103 Å². The first-order valence-corrected chi connectivity index (χ1v) is 5.56. The van der Waals surface area contributed by atoms with Gasteiger partial charge in [-0.1, -0.05) is 12.1 Å². The van der Waals surface area contributed by atoms with Crippen molar-refractivity contribution in [2.24, 2.45) is 4.99 Å². The minimum Gasteiger partial charge on any atom is -0.454 e. The Morgan fingerprint density at radius 2 is 2.22 bits per heavy atom. The van der Waals surface area contributed by atoms with Gasteiger partial charge in [-0.25, -0.2) is 9.55 Å². The van der Waals surface area contributed by atoms with Crippen LogP contribution in [0.15, 0.2) is 29.3 Å². The Bertz CT molecular complexity index is 645. The monoisotopic (exact) mass is 245 g/mol. The van der Waals surface area contributed by atoms with E-state index in [-0.39, 0.29) is 31.0 Å². The lowest BCUT2D eigenvalue weighted by molar-refractivity contribution is 0.0865. The Hall–Kier alpha value is -2.37. The second-order valence-corrected chi connectivity index (χ2v) is 3.81. The summed E-state index contributed by atoms with van der Waals surface area (Å²) >= 11 is 0. The molecular formula is C12H11N3O3. The Kier molecular flexibility index (Phi) is 2.47. The summed E-state index contributed by atoms with van der Waals surface area (Å²) in [4.78, 5) is 20.5. The number of benzene rings is 1. The summed E-state index contributed by atoms with van der Waals surface area (Å²) in [5, 5.41) is 0. The standard InChI is InChI=1S/C12H11N3O3/c1-17-12-14-11-13-8-4-2-3-5-9(8)15(11)10(16)6-7-18-12/h2-5H,6-7H2,1H3/b14-12-. The molecule has 0 saturated carbocycles. The molecular weight excluding hydrogens is 234 g/mol. The van der Waals surface area contributed by atoms with Gasteiger partial charge >= 0.3 is 6.08 Å². The molecule has 6 heteroatoms. The summed E-state index contributed by atoms with van der Waals surface area (Å²) in [5.41, 5.74) is 1.47. The number of fused-ring (bicyclic) bond motifs is 3. The predicted molar refractivity (Wildman–Crippen MR) is 65.0 cm³/mol. The van der Waals surface area contributed by atoms with Crippen LogP contribution in [0, 0.1) is 0 Å². The molecule has 18 heavy (non-hydrogen) atoms. The summed E-state index contributed by atoms with van der Waals surface area (Å²) in [6.45, 7) is 0.247. The maximum absolute atomic E-state index is 12.1. The number of hydrogen-bond donors (Lipinski definition) is 0. The van der Waals surface area contributed by atoms with Crippen LogP contribution in [0.3, 0.4) is 0 Å². The Morgan fingerprint density at radius 1 is 1.39 bits per heavy atom. The third-order valence-electron chi connectivity index (χ3n) is 2.70. The van der Waals surface area contributed by atoms with E-state index in [0.29, 0.717) is 0 Å². The van der Waals surface area contributed by atoms with E-state index >= 15 is 0 Å². The largest absolute Gasteiger partial charge is 0.454 e. The zero-order valence-electron chi connectivity index (χ0n) is 9.79. The van der Waals surface area contributed by atoms with Gasteiger partial charge in [0.1, 0.15) is 6.61 Å². The fourth-order valence-corrected chi connectivity index (χ4v) is 1.89. The molecule has 2 aromatic rings. The van der Waals surface area contributed by atoms with E-state index in [1.807, 2.05) is 24.3 Å². The molecule has 0 unspecified atom stereocenters. The van der Waals surface area contributed by atoms with Crippen molar-refractivity contribution < 1.29 is 14.3 Å². The number of rotatable bonds is 0. The molecule has 1 aromatic carbocycles. The second kappa shape index (κ2) is 4.14. The number of ether oxygens (including phenoxy) is 2. The van der Waals surface area contributed by atoms with E-state index in [2.05, 4.69) is 9.98 Å². The molecule has 6 nitrogen and oxygen atoms in total. The molecule has 1 aliphatic rings. The van der Waals surface area contributed by atoms with Gasteiger partial charge < -0.3 is 9.47 Å². The average molecular weight is 245 g/mol. The van der Waals surface area contributed by atoms with Crippen molar-refractivity contribution >= 4 is 29.0 Å². The summed E-state index contributed by atoms with van der Waals surface area (Å²) in [6.07, 6.45) is 0.384. The number of nitrogens with zero attached hydrogens (tertiary/aromatic N) is 3. The minimum atomic E-state index is -0.0856. The SMILES string of the molecule is CO/C1=N/c2nc3ccccc3n2C(=O)CCO1. The van der Waals surface area contributed by atoms with Gasteiger partial charge in [-0.3, -0.25) is 4.79 Å². The molecule has 3 rings (SSSR count). The molecule has 0 bridgehead atoms. The molecule has 0 saturated heterocycles. The zero-order chi connectivity index (χ0) is 12.5. The van der Waals surface area contributed by atoms with Gasteiger partial charge in [0.25, 0.3) is 0 Å². The molecule has 0 amide bonds. The molecule has 0 N–H and O–H groups in total. The van der Waals surface area contributed by atoms with E-state index in [9.17, 15) is 4.79 Å². The van der Waals surface area contributed by atoms with E-state index in [4.69, 9.17) is 9.47 Å². The molecule has 92 valence electrons. The molecule has 0 fully saturated rings. The van der Waals surface area contributed by atoms with Gasteiger partial charge in [-0.05, 0) is 12.1 Å². The number of aliphatic imine (C=N–C) groups is 1. The maximum atomic E-state index is 12.1. The van der Waals surface area contributed by atoms with Gasteiger partial charge in [0.2, 0.25) is 11.9 Å². The van der Waals surface area contributed by atoms with E-state index < -0.39 is 0 Å². The number of aromatic nitrogens is 2. The van der Waals surface area contributed by atoms with Gasteiger partial charge in [-0.2, -0.15) is 0 Å². The fraction of sp³-hybridized carbons (Fsp3) is 0.250. The third-order valence-corrected chi connectivity index (χ3v) is 2.70. The van der Waals surface area contributed by atoms with Crippen LogP contribution in [0.1, 0.15) is 11.2 Å². The van der Waals surface area contributed by atoms with Crippen molar-refractivity contribution in [2.75, 3.05) is 13.7 Å². The van der Waals surface area contributed by atoms with Crippen LogP contribution in [-0.2, 0) is 9.47 Å². The number of imidazole rings is 1. The van der Waals surface area contributed by atoms with Crippen LogP contribution in [-0.4, -0.2) is 35.3 Å². The smallest absolute Gasteiger partial charge is 0.391 e. The van der Waals surface area contributed by atoms with Crippen molar-refractivity contribution in [1.82, 2.24) is 9.55 Å². The highest BCUT2D eigenvalue weighted by Gasteiger charge is 2.20. The van der Waals surface area contributed by atoms with Crippen LogP contribution in [0.2, 0.25) is 0 Å². The van der Waals surface area contributed by atoms with Crippen LogP contribution in [0.5, 0.6) is 0 Å². The quantitative estimate of drug-likeness (QED) is 0.709. The lowest BCUT2D eigenvalue weighted by atomic mass is 10.3.